The lowest BCUT2D eigenvalue weighted by molar-refractivity contribution is -0.148. The predicted molar refractivity (Wildman–Crippen MR) is 273 cm³/mol. The molecule has 0 aliphatic heterocycles. The van der Waals surface area contributed by atoms with Crippen LogP contribution in [0.1, 0.15) is 201 Å². The van der Waals surface area contributed by atoms with Crippen LogP contribution in [0.25, 0.3) is 0 Å². The van der Waals surface area contributed by atoms with Gasteiger partial charge in [-0.15, -0.1) is 0 Å². The summed E-state index contributed by atoms with van der Waals surface area (Å²) in [7, 11) is 0. The molecule has 3 unspecified atom stereocenters. The Labute approximate surface area is 387 Å². The Balaban J connectivity index is 4.86. The first-order chi connectivity index (χ1) is 31.0. The number of nitrogens with one attached hydrogen (secondary N) is 1. The number of aliphatic hydroxyl groups is 2. The lowest BCUT2D eigenvalue weighted by Gasteiger charge is -2.23. The Morgan fingerprint density at radius 1 is 0.492 bits per heavy atom. The molecular weight excluding hydrogens is 779 g/mol. The van der Waals surface area contributed by atoms with E-state index in [9.17, 15) is 19.8 Å². The van der Waals surface area contributed by atoms with E-state index in [4.69, 9.17) is 4.74 Å². The first-order valence-corrected chi connectivity index (χ1v) is 25.3. The van der Waals surface area contributed by atoms with Crippen molar-refractivity contribution >= 4 is 11.9 Å². The third-order valence-corrected chi connectivity index (χ3v) is 10.5. The van der Waals surface area contributed by atoms with Crippen molar-refractivity contribution in [2.24, 2.45) is 0 Å². The predicted octanol–water partition coefficient (Wildman–Crippen LogP) is 15.3. The number of hydrogen-bond acceptors (Lipinski definition) is 5. The summed E-state index contributed by atoms with van der Waals surface area (Å²) in [6.07, 6.45) is 68.7. The van der Waals surface area contributed by atoms with Crippen molar-refractivity contribution in [1.29, 1.82) is 0 Å². The number of carbonyl (C=O) groups excluding carboxylic acids is 2. The molecule has 63 heavy (non-hydrogen) atoms. The highest BCUT2D eigenvalue weighted by Gasteiger charge is 2.23. The van der Waals surface area contributed by atoms with E-state index in [1.165, 1.54) is 70.6 Å². The van der Waals surface area contributed by atoms with Crippen LogP contribution in [0, 0.1) is 0 Å². The average molecular weight is 872 g/mol. The zero-order chi connectivity index (χ0) is 45.9. The Morgan fingerprint density at radius 2 is 0.857 bits per heavy atom. The minimum atomic E-state index is -0.838. The molecule has 6 heteroatoms. The molecule has 0 heterocycles. The normalized spacial score (nSPS) is 14.3. The highest BCUT2D eigenvalue weighted by Crippen LogP contribution is 2.15. The van der Waals surface area contributed by atoms with E-state index in [2.05, 4.69) is 129 Å². The second-order valence-corrected chi connectivity index (χ2v) is 16.5. The van der Waals surface area contributed by atoms with Gasteiger partial charge in [0, 0.05) is 6.42 Å². The van der Waals surface area contributed by atoms with Crippen molar-refractivity contribution < 1.29 is 24.5 Å². The molecule has 0 aromatic rings. The second kappa shape index (κ2) is 49.3. The van der Waals surface area contributed by atoms with Gasteiger partial charge in [-0.25, -0.2) is 0 Å². The number of hydrogen-bond donors (Lipinski definition) is 3. The smallest absolute Gasteiger partial charge is 0.306 e. The number of unbranched alkanes of at least 4 members (excludes halogenated alkanes) is 13. The van der Waals surface area contributed by atoms with Gasteiger partial charge in [0.25, 0.3) is 0 Å². The molecule has 1 amide bonds. The van der Waals surface area contributed by atoms with Gasteiger partial charge in [-0.2, -0.15) is 0 Å². The van der Waals surface area contributed by atoms with Crippen LogP contribution in [0.3, 0.4) is 0 Å². The number of rotatable bonds is 43. The molecule has 0 aliphatic rings. The zero-order valence-corrected chi connectivity index (χ0v) is 40.4. The fraction of sp³-hybridized carbons (Fsp3) is 0.614. The maximum atomic E-state index is 13.2. The van der Waals surface area contributed by atoms with Crippen molar-refractivity contribution in [3.05, 3.63) is 122 Å². The highest BCUT2D eigenvalue weighted by molar-refractivity contribution is 5.78. The van der Waals surface area contributed by atoms with Crippen LogP contribution in [0.5, 0.6) is 0 Å². The number of aliphatic hydroxyl groups excluding tert-OH is 2. The number of esters is 1. The van der Waals surface area contributed by atoms with E-state index in [1.54, 1.807) is 6.08 Å². The number of ether oxygens (including phenoxy) is 1. The van der Waals surface area contributed by atoms with Crippen molar-refractivity contribution in [3.63, 3.8) is 0 Å². The molecule has 3 N–H and O–H groups in total. The van der Waals surface area contributed by atoms with Crippen molar-refractivity contribution in [3.8, 4) is 0 Å². The summed E-state index contributed by atoms with van der Waals surface area (Å²) in [5.41, 5.74) is 0. The lowest BCUT2D eigenvalue weighted by atomic mass is 10.0. The molecule has 0 spiro atoms. The van der Waals surface area contributed by atoms with Gasteiger partial charge in [0.1, 0.15) is 6.10 Å². The molecule has 356 valence electrons. The third-order valence-electron chi connectivity index (χ3n) is 10.5. The molecule has 0 aromatic heterocycles. The molecule has 0 saturated heterocycles. The van der Waals surface area contributed by atoms with Crippen molar-refractivity contribution in [2.75, 3.05) is 6.61 Å². The van der Waals surface area contributed by atoms with Gasteiger partial charge in [0.2, 0.25) is 5.91 Å². The fourth-order valence-electron chi connectivity index (χ4n) is 6.79. The molecule has 0 fully saturated rings. The Hall–Kier alpha value is -3.74. The summed E-state index contributed by atoms with van der Waals surface area (Å²) in [5.74, 6) is -0.740. The topological polar surface area (TPSA) is 95.9 Å². The van der Waals surface area contributed by atoms with Gasteiger partial charge < -0.3 is 20.3 Å². The van der Waals surface area contributed by atoms with Crippen LogP contribution in [0.4, 0.5) is 0 Å². The first-order valence-electron chi connectivity index (χ1n) is 25.3. The lowest BCUT2D eigenvalue weighted by Crippen LogP contribution is -2.46. The van der Waals surface area contributed by atoms with Crippen LogP contribution >= 0.6 is 0 Å². The summed E-state index contributed by atoms with van der Waals surface area (Å²) in [5, 5.41) is 23.7. The fourth-order valence-corrected chi connectivity index (χ4v) is 6.79. The van der Waals surface area contributed by atoms with E-state index in [0.29, 0.717) is 19.3 Å². The van der Waals surface area contributed by atoms with Gasteiger partial charge in [-0.1, -0.05) is 226 Å². The summed E-state index contributed by atoms with van der Waals surface area (Å²) < 4.78 is 5.77. The van der Waals surface area contributed by atoms with Gasteiger partial charge in [0.15, 0.2) is 0 Å². The van der Waals surface area contributed by atoms with Crippen LogP contribution in [0.2, 0.25) is 0 Å². The summed E-state index contributed by atoms with van der Waals surface area (Å²) in [6, 6.07) is -0.764. The zero-order valence-electron chi connectivity index (χ0n) is 40.4. The molecule has 0 aromatic carbocycles. The van der Waals surface area contributed by atoms with Crippen LogP contribution < -0.4 is 5.32 Å². The summed E-state index contributed by atoms with van der Waals surface area (Å²) in [4.78, 5) is 26.0. The van der Waals surface area contributed by atoms with E-state index in [0.717, 1.165) is 77.0 Å². The SMILES string of the molecule is CC/C=C/C/C=C/C/C=C/C/C=C/C/C=C/CCC(=O)OC(/C=C/C/C=C/C/C=C/C/C=C/C/C=C/CC)CC(=O)NC(CO)C(O)CCCCCCCCCCCCCCCC. The van der Waals surface area contributed by atoms with E-state index < -0.39 is 18.2 Å². The monoisotopic (exact) mass is 872 g/mol. The Bertz CT molecular complexity index is 1350. The van der Waals surface area contributed by atoms with Crippen LogP contribution in [0.15, 0.2) is 122 Å². The number of allylic oxidation sites excluding steroid dienone is 19. The third kappa shape index (κ3) is 44.7. The molecule has 3 atom stereocenters. The Kier molecular flexibility index (Phi) is 46.4. The maximum Gasteiger partial charge on any atom is 0.306 e. The quantitative estimate of drug-likeness (QED) is 0.0322. The van der Waals surface area contributed by atoms with Crippen LogP contribution in [-0.2, 0) is 14.3 Å². The van der Waals surface area contributed by atoms with Crippen molar-refractivity contribution in [2.45, 2.75) is 219 Å². The highest BCUT2D eigenvalue weighted by atomic mass is 16.5. The minimum Gasteiger partial charge on any atom is -0.458 e. The van der Waals surface area contributed by atoms with Crippen molar-refractivity contribution in [1.82, 2.24) is 5.32 Å². The average Bonchev–Trinajstić information content (AvgIpc) is 3.28. The van der Waals surface area contributed by atoms with Crippen LogP contribution in [-0.4, -0.2) is 46.9 Å². The number of amides is 1. The maximum absolute atomic E-state index is 13.2. The largest absolute Gasteiger partial charge is 0.458 e. The standard InChI is InChI=1S/C57H93NO5/c1-4-7-10-13-16-19-22-25-28-29-32-35-38-41-44-47-50-57(62)63-53(48-45-42-39-36-33-30-26-23-20-17-14-11-8-5-2)51-56(61)58-54(52-59)55(60)49-46-43-40-37-34-31-27-24-21-18-15-12-9-6-3/h7-8,10-11,16-17,19-20,25-26,28,30,32,35-36,39,41,44-45,48,53-55,59-60H,4-6,9,12-15,18,21-24,27,29,31,33-34,37-38,40,42-43,46-47,49-52H2,1-3H3,(H,58,61)/b10-7+,11-8+,19-16+,20-17+,28-25+,30-26+,35-32+,39-36+,44-41+,48-45+. The summed E-state index contributed by atoms with van der Waals surface area (Å²) >= 11 is 0. The number of carbonyl (C=O) groups is 2. The molecule has 0 radical (unpaired) electrons. The summed E-state index contributed by atoms with van der Waals surface area (Å²) in [6.45, 7) is 6.19. The molecular formula is C57H93NO5. The molecule has 0 aliphatic carbocycles. The van der Waals surface area contributed by atoms with Gasteiger partial charge in [-0.3, -0.25) is 9.59 Å². The van der Waals surface area contributed by atoms with Gasteiger partial charge >= 0.3 is 5.97 Å². The Morgan fingerprint density at radius 3 is 1.25 bits per heavy atom. The minimum absolute atomic E-state index is 0.0831. The molecule has 0 rings (SSSR count). The second-order valence-electron chi connectivity index (χ2n) is 16.5. The first kappa shape index (κ1) is 59.3. The van der Waals surface area contributed by atoms with Gasteiger partial charge in [-0.05, 0) is 83.1 Å². The molecule has 0 bridgehead atoms. The molecule has 6 nitrogen and oxygen atoms in total. The van der Waals surface area contributed by atoms with E-state index >= 15 is 0 Å². The van der Waals surface area contributed by atoms with E-state index in [1.807, 2.05) is 12.2 Å². The van der Waals surface area contributed by atoms with E-state index in [-0.39, 0.29) is 31.3 Å². The molecule has 0 saturated carbocycles. The van der Waals surface area contributed by atoms with Gasteiger partial charge in [0.05, 0.1) is 25.2 Å².